The van der Waals surface area contributed by atoms with E-state index in [0.717, 1.165) is 33.8 Å². The maximum Gasteiger partial charge on any atom is 0.397 e. The molecule has 1 spiro atoms. The minimum Gasteiger partial charge on any atom is -0.426 e. The summed E-state index contributed by atoms with van der Waals surface area (Å²) in [6.45, 7) is 28.2. The van der Waals surface area contributed by atoms with E-state index >= 15 is 0 Å². The van der Waals surface area contributed by atoms with Crippen molar-refractivity contribution in [3.05, 3.63) is 58.7 Å². The zero-order valence-electron chi connectivity index (χ0n) is 27.1. The molecule has 0 atom stereocenters. The van der Waals surface area contributed by atoms with Crippen molar-refractivity contribution >= 4 is 17.2 Å². The SMILES string of the molecule is CC(C)(C)c1cccc(C(C)(C)C)c1OP1OCC2(CO1)COP(Oc1c(C(C)(C)C)cccc1C(C)(C)C)OC2. The van der Waals surface area contributed by atoms with Crippen molar-refractivity contribution in [2.24, 2.45) is 5.41 Å². The second kappa shape index (κ2) is 11.7. The normalized spacial score (nSPS) is 24.4. The van der Waals surface area contributed by atoms with Crippen molar-refractivity contribution in [1.82, 2.24) is 0 Å². The molecule has 0 bridgehead atoms. The van der Waals surface area contributed by atoms with Gasteiger partial charge in [0.05, 0.1) is 31.8 Å². The molecule has 0 N–H and O–H groups in total. The van der Waals surface area contributed by atoms with Gasteiger partial charge in [-0.25, -0.2) is 0 Å². The van der Waals surface area contributed by atoms with Gasteiger partial charge in [0.25, 0.3) is 0 Å². The number of hydrogen-bond acceptors (Lipinski definition) is 6. The van der Waals surface area contributed by atoms with Crippen LogP contribution in [0.5, 0.6) is 11.5 Å². The van der Waals surface area contributed by atoms with E-state index in [2.05, 4.69) is 119 Å². The summed E-state index contributed by atoms with van der Waals surface area (Å²) in [6, 6.07) is 12.8. The Morgan fingerprint density at radius 3 is 0.951 bits per heavy atom. The van der Waals surface area contributed by atoms with E-state index in [1.54, 1.807) is 0 Å². The summed E-state index contributed by atoms with van der Waals surface area (Å²) in [6.07, 6.45) is 0. The standard InChI is InChI=1S/C33H50O6P2/c1-29(2,3)23-15-13-16-24(30(4,5)6)27(23)38-40-34-19-33(20-35-40)21-36-41(37-22-33)39-28-25(31(7,8)9)17-14-18-26(28)32(10,11)12/h13-18H,19-22H2,1-12H3. The second-order valence-electron chi connectivity index (χ2n) is 15.6. The quantitative estimate of drug-likeness (QED) is 0.324. The third kappa shape index (κ3) is 7.64. The molecule has 2 aliphatic heterocycles. The summed E-state index contributed by atoms with van der Waals surface area (Å²) in [4.78, 5) is 0. The van der Waals surface area contributed by atoms with Crippen LogP contribution in [0.2, 0.25) is 0 Å². The topological polar surface area (TPSA) is 55.4 Å². The number of benzene rings is 2. The van der Waals surface area contributed by atoms with E-state index in [4.69, 9.17) is 27.1 Å². The predicted octanol–water partition coefficient (Wildman–Crippen LogP) is 9.87. The molecular weight excluding hydrogens is 554 g/mol. The van der Waals surface area contributed by atoms with Gasteiger partial charge in [-0.3, -0.25) is 0 Å². The van der Waals surface area contributed by atoms with Gasteiger partial charge in [-0.05, 0) is 21.7 Å². The zero-order valence-corrected chi connectivity index (χ0v) is 28.9. The maximum absolute atomic E-state index is 6.51. The van der Waals surface area contributed by atoms with Gasteiger partial charge in [0.1, 0.15) is 11.5 Å². The minimum atomic E-state index is -1.55. The lowest BCUT2D eigenvalue weighted by Gasteiger charge is -2.42. The van der Waals surface area contributed by atoms with Crippen molar-refractivity contribution in [2.75, 3.05) is 26.4 Å². The van der Waals surface area contributed by atoms with Crippen molar-refractivity contribution in [3.63, 3.8) is 0 Å². The molecule has 2 aromatic rings. The van der Waals surface area contributed by atoms with Crippen LogP contribution in [0.1, 0.15) is 105 Å². The molecule has 0 saturated carbocycles. The van der Waals surface area contributed by atoms with Crippen molar-refractivity contribution in [3.8, 4) is 11.5 Å². The fourth-order valence-corrected chi connectivity index (χ4v) is 7.54. The van der Waals surface area contributed by atoms with Crippen LogP contribution in [0, 0.1) is 5.41 Å². The highest BCUT2D eigenvalue weighted by atomic mass is 31.2. The Morgan fingerprint density at radius 2 is 0.732 bits per heavy atom. The Kier molecular flexibility index (Phi) is 9.30. The molecule has 228 valence electrons. The number of para-hydroxylation sites is 2. The summed E-state index contributed by atoms with van der Waals surface area (Å²) in [5.74, 6) is 1.74. The van der Waals surface area contributed by atoms with Gasteiger partial charge in [-0.15, -0.1) is 0 Å². The number of hydrogen-bond donors (Lipinski definition) is 0. The van der Waals surface area contributed by atoms with E-state index in [9.17, 15) is 0 Å². The molecule has 8 heteroatoms. The highest BCUT2D eigenvalue weighted by Gasteiger charge is 2.46. The van der Waals surface area contributed by atoms with Crippen LogP contribution >= 0.6 is 17.2 Å². The molecule has 2 aromatic carbocycles. The zero-order chi connectivity index (χ0) is 30.4. The van der Waals surface area contributed by atoms with Crippen LogP contribution in [-0.2, 0) is 39.8 Å². The van der Waals surface area contributed by atoms with Gasteiger partial charge in [-0.2, -0.15) is 0 Å². The second-order valence-corrected chi connectivity index (χ2v) is 17.9. The summed E-state index contributed by atoms with van der Waals surface area (Å²) >= 11 is 0. The van der Waals surface area contributed by atoms with Gasteiger partial charge in [0.2, 0.25) is 0 Å². The van der Waals surface area contributed by atoms with Gasteiger partial charge >= 0.3 is 17.2 Å². The van der Waals surface area contributed by atoms with Gasteiger partial charge in [0, 0.05) is 22.3 Å². The lowest BCUT2D eigenvalue weighted by Crippen LogP contribution is -2.45. The fourth-order valence-electron chi connectivity index (χ4n) is 4.97. The molecule has 4 rings (SSSR count). The first-order valence-corrected chi connectivity index (χ1v) is 16.8. The van der Waals surface area contributed by atoms with E-state index in [1.807, 2.05) is 0 Å². The molecule has 0 aliphatic carbocycles. The summed E-state index contributed by atoms with van der Waals surface area (Å²) in [5.41, 5.74) is 3.89. The molecule has 6 nitrogen and oxygen atoms in total. The smallest absolute Gasteiger partial charge is 0.397 e. The average Bonchev–Trinajstić information content (AvgIpc) is 2.84. The molecule has 0 radical (unpaired) electrons. The Morgan fingerprint density at radius 1 is 0.488 bits per heavy atom. The van der Waals surface area contributed by atoms with Crippen LogP contribution in [0.25, 0.3) is 0 Å². The van der Waals surface area contributed by atoms with Crippen molar-refractivity contribution < 1.29 is 27.1 Å². The van der Waals surface area contributed by atoms with Crippen LogP contribution in [-0.4, -0.2) is 26.4 Å². The number of rotatable bonds is 4. The average molecular weight is 605 g/mol. The fraction of sp³-hybridized carbons (Fsp3) is 0.636. The van der Waals surface area contributed by atoms with E-state index in [-0.39, 0.29) is 21.7 Å². The Hall–Kier alpha value is -1.26. The van der Waals surface area contributed by atoms with Gasteiger partial charge in [0.15, 0.2) is 0 Å². The van der Waals surface area contributed by atoms with Crippen LogP contribution < -0.4 is 9.05 Å². The maximum atomic E-state index is 6.51. The first kappa shape index (κ1) is 32.6. The Balaban J connectivity index is 1.43. The van der Waals surface area contributed by atoms with Crippen LogP contribution in [0.4, 0.5) is 0 Å². The molecule has 2 heterocycles. The minimum absolute atomic E-state index is 0.0797. The highest BCUT2D eigenvalue weighted by Crippen LogP contribution is 2.56. The molecule has 2 aliphatic rings. The molecule has 0 amide bonds. The third-order valence-electron chi connectivity index (χ3n) is 7.50. The largest absolute Gasteiger partial charge is 0.426 e. The lowest BCUT2D eigenvalue weighted by molar-refractivity contribution is -0.0674. The highest BCUT2D eigenvalue weighted by molar-refractivity contribution is 7.42. The molecule has 0 aromatic heterocycles. The van der Waals surface area contributed by atoms with Crippen LogP contribution in [0.3, 0.4) is 0 Å². The first-order chi connectivity index (χ1) is 18.8. The van der Waals surface area contributed by atoms with E-state index in [0.29, 0.717) is 26.4 Å². The molecule has 2 fully saturated rings. The molecular formula is C33H50O6P2. The Bertz CT molecular complexity index is 1040. The molecule has 41 heavy (non-hydrogen) atoms. The Labute approximate surface area is 250 Å². The van der Waals surface area contributed by atoms with E-state index in [1.165, 1.54) is 0 Å². The summed E-state index contributed by atoms with van der Waals surface area (Å²) in [5, 5.41) is 0. The molecule has 0 unspecified atom stereocenters. The van der Waals surface area contributed by atoms with Gasteiger partial charge < -0.3 is 27.1 Å². The monoisotopic (exact) mass is 604 g/mol. The lowest BCUT2D eigenvalue weighted by atomic mass is 9.79. The van der Waals surface area contributed by atoms with Crippen molar-refractivity contribution in [2.45, 2.75) is 105 Å². The summed E-state index contributed by atoms with van der Waals surface area (Å²) in [7, 11) is -3.10. The predicted molar refractivity (Wildman–Crippen MR) is 169 cm³/mol. The molecule has 2 saturated heterocycles. The van der Waals surface area contributed by atoms with Crippen LogP contribution in [0.15, 0.2) is 36.4 Å². The summed E-state index contributed by atoms with van der Waals surface area (Å²) < 4.78 is 37.9. The van der Waals surface area contributed by atoms with Crippen molar-refractivity contribution in [1.29, 1.82) is 0 Å². The first-order valence-electron chi connectivity index (χ1n) is 14.6. The van der Waals surface area contributed by atoms with E-state index < -0.39 is 22.6 Å². The third-order valence-corrected chi connectivity index (χ3v) is 9.52. The van der Waals surface area contributed by atoms with Gasteiger partial charge in [-0.1, -0.05) is 119 Å².